The first kappa shape index (κ1) is 25.1. The standard InChI is InChI=1S/C21H36N2O6/c1-14(2)17(23-20(27)29-12-21(3,4)5)16(24)11-15-9-7-6-8-10-28-13-22-19(26)18(15)25/h14-15,17H,6-13H2,1-5H3,(H,22,26)(H,23,27). The Morgan fingerprint density at radius 1 is 1.21 bits per heavy atom. The third kappa shape index (κ3) is 9.87. The first-order valence-electron chi connectivity index (χ1n) is 10.4. The molecule has 2 atom stereocenters. The van der Waals surface area contributed by atoms with Crippen molar-refractivity contribution in [3.8, 4) is 0 Å². The zero-order valence-electron chi connectivity index (χ0n) is 18.3. The molecule has 0 aromatic rings. The summed E-state index contributed by atoms with van der Waals surface area (Å²) in [5, 5.41) is 5.06. The monoisotopic (exact) mass is 412 g/mol. The van der Waals surface area contributed by atoms with Crippen molar-refractivity contribution >= 4 is 23.6 Å². The first-order chi connectivity index (χ1) is 13.5. The van der Waals surface area contributed by atoms with Crippen molar-refractivity contribution in [3.05, 3.63) is 0 Å². The lowest BCUT2D eigenvalue weighted by molar-refractivity contribution is -0.142. The molecule has 0 aromatic heterocycles. The molecule has 1 rings (SSSR count). The summed E-state index contributed by atoms with van der Waals surface area (Å²) in [6.07, 6.45) is 2.13. The normalized spacial score (nSPS) is 20.4. The summed E-state index contributed by atoms with van der Waals surface area (Å²) in [6, 6.07) is -0.778. The van der Waals surface area contributed by atoms with E-state index in [1.54, 1.807) is 0 Å². The van der Waals surface area contributed by atoms with Crippen LogP contribution in [0.4, 0.5) is 4.79 Å². The van der Waals surface area contributed by atoms with Crippen LogP contribution in [0.25, 0.3) is 0 Å². The minimum Gasteiger partial charge on any atom is -0.449 e. The maximum atomic E-state index is 12.9. The molecule has 0 spiro atoms. The summed E-state index contributed by atoms with van der Waals surface area (Å²) in [5.41, 5.74) is -0.188. The van der Waals surface area contributed by atoms with E-state index in [4.69, 9.17) is 9.47 Å². The van der Waals surface area contributed by atoms with Gasteiger partial charge in [-0.2, -0.15) is 0 Å². The fourth-order valence-corrected chi connectivity index (χ4v) is 3.00. The van der Waals surface area contributed by atoms with Crippen LogP contribution in [0.2, 0.25) is 0 Å². The highest BCUT2D eigenvalue weighted by Crippen LogP contribution is 2.19. The molecule has 1 aliphatic rings. The predicted molar refractivity (Wildman–Crippen MR) is 108 cm³/mol. The van der Waals surface area contributed by atoms with Crippen LogP contribution in [0.5, 0.6) is 0 Å². The van der Waals surface area contributed by atoms with Crippen molar-refractivity contribution < 1.29 is 28.7 Å². The molecule has 1 heterocycles. The summed E-state index contributed by atoms with van der Waals surface area (Å²) in [4.78, 5) is 49.6. The van der Waals surface area contributed by atoms with Gasteiger partial charge in [-0.1, -0.05) is 47.5 Å². The SMILES string of the molecule is CC(C)C(NC(=O)OCC(C)(C)C)C(=O)CC1CCCCCOCNC(=O)C1=O. The summed E-state index contributed by atoms with van der Waals surface area (Å²) >= 11 is 0. The number of ketones is 2. The van der Waals surface area contributed by atoms with Crippen molar-refractivity contribution in [2.75, 3.05) is 19.9 Å². The second kappa shape index (κ2) is 11.9. The molecule has 0 aromatic carbocycles. The van der Waals surface area contributed by atoms with Gasteiger partial charge in [-0.25, -0.2) is 4.79 Å². The van der Waals surface area contributed by atoms with E-state index in [2.05, 4.69) is 10.6 Å². The molecule has 1 saturated heterocycles. The summed E-state index contributed by atoms with van der Waals surface area (Å²) in [7, 11) is 0. The maximum Gasteiger partial charge on any atom is 0.407 e. The lowest BCUT2D eigenvalue weighted by Crippen LogP contribution is -2.46. The molecule has 0 aliphatic carbocycles. The van der Waals surface area contributed by atoms with Gasteiger partial charge >= 0.3 is 6.09 Å². The molecule has 0 radical (unpaired) electrons. The molecular weight excluding hydrogens is 376 g/mol. The Kier molecular flexibility index (Phi) is 10.3. The van der Waals surface area contributed by atoms with Crippen LogP contribution in [0.1, 0.15) is 66.7 Å². The Morgan fingerprint density at radius 3 is 2.52 bits per heavy atom. The van der Waals surface area contributed by atoms with Gasteiger partial charge in [-0.3, -0.25) is 14.4 Å². The molecule has 1 fully saturated rings. The topological polar surface area (TPSA) is 111 Å². The zero-order chi connectivity index (χ0) is 22.0. The lowest BCUT2D eigenvalue weighted by Gasteiger charge is -2.24. The second-order valence-electron chi connectivity index (χ2n) is 9.14. The van der Waals surface area contributed by atoms with Crippen LogP contribution in [-0.2, 0) is 23.9 Å². The van der Waals surface area contributed by atoms with Gasteiger partial charge in [0.15, 0.2) is 5.78 Å². The van der Waals surface area contributed by atoms with Gasteiger partial charge in [0, 0.05) is 18.9 Å². The number of Topliss-reactive ketones (excluding diaryl/α,β-unsaturated/α-hetero) is 2. The summed E-state index contributed by atoms with van der Waals surface area (Å²) in [5.74, 6) is -2.49. The number of hydrogen-bond donors (Lipinski definition) is 2. The minimum atomic E-state index is -0.778. The van der Waals surface area contributed by atoms with Gasteiger partial charge in [0.2, 0.25) is 5.78 Å². The van der Waals surface area contributed by atoms with Gasteiger partial charge in [-0.15, -0.1) is 0 Å². The number of nitrogens with one attached hydrogen (secondary N) is 2. The van der Waals surface area contributed by atoms with Crippen LogP contribution >= 0.6 is 0 Å². The zero-order valence-corrected chi connectivity index (χ0v) is 18.3. The Morgan fingerprint density at radius 2 is 1.90 bits per heavy atom. The Balaban J connectivity index is 2.77. The summed E-state index contributed by atoms with van der Waals surface area (Å²) < 4.78 is 10.4. The Hall–Kier alpha value is -1.96. The van der Waals surface area contributed by atoms with Crippen LogP contribution in [-0.4, -0.2) is 49.6 Å². The number of amides is 2. The van der Waals surface area contributed by atoms with Crippen molar-refractivity contribution in [2.45, 2.75) is 72.8 Å². The van der Waals surface area contributed by atoms with Crippen molar-refractivity contribution in [3.63, 3.8) is 0 Å². The predicted octanol–water partition coefficient (Wildman–Crippen LogP) is 2.59. The molecule has 2 unspecified atom stereocenters. The lowest BCUT2D eigenvalue weighted by atomic mass is 9.87. The number of carbonyl (C=O) groups excluding carboxylic acids is 4. The number of rotatable bonds is 6. The van der Waals surface area contributed by atoms with Gasteiger partial charge in [0.05, 0.1) is 12.6 Å². The molecule has 8 heteroatoms. The third-order valence-corrected chi connectivity index (χ3v) is 4.64. The van der Waals surface area contributed by atoms with E-state index < -0.39 is 29.7 Å². The van der Waals surface area contributed by atoms with E-state index in [0.717, 1.165) is 19.3 Å². The molecule has 29 heavy (non-hydrogen) atoms. The fraction of sp³-hybridized carbons (Fsp3) is 0.810. The van der Waals surface area contributed by atoms with E-state index in [1.807, 2.05) is 34.6 Å². The highest BCUT2D eigenvalue weighted by Gasteiger charge is 2.32. The quantitative estimate of drug-likeness (QED) is 0.649. The molecular formula is C21H36N2O6. The first-order valence-corrected chi connectivity index (χ1v) is 10.4. The Bertz CT molecular complexity index is 582. The van der Waals surface area contributed by atoms with Crippen molar-refractivity contribution in [1.82, 2.24) is 10.6 Å². The van der Waals surface area contributed by atoms with Crippen molar-refractivity contribution in [2.24, 2.45) is 17.3 Å². The van der Waals surface area contributed by atoms with E-state index in [9.17, 15) is 19.2 Å². The van der Waals surface area contributed by atoms with E-state index >= 15 is 0 Å². The molecule has 1 aliphatic heterocycles. The summed E-state index contributed by atoms with van der Waals surface area (Å²) in [6.45, 7) is 10.2. The van der Waals surface area contributed by atoms with E-state index in [0.29, 0.717) is 13.0 Å². The molecule has 0 bridgehead atoms. The van der Waals surface area contributed by atoms with Gasteiger partial charge in [-0.05, 0) is 24.2 Å². The molecule has 166 valence electrons. The number of hydrogen-bond acceptors (Lipinski definition) is 6. The van der Waals surface area contributed by atoms with Gasteiger partial charge < -0.3 is 20.1 Å². The van der Waals surface area contributed by atoms with E-state index in [1.165, 1.54) is 0 Å². The van der Waals surface area contributed by atoms with Crippen LogP contribution in [0.15, 0.2) is 0 Å². The highest BCUT2D eigenvalue weighted by atomic mass is 16.5. The number of carbonyl (C=O) groups is 4. The van der Waals surface area contributed by atoms with Crippen molar-refractivity contribution in [1.29, 1.82) is 0 Å². The third-order valence-electron chi connectivity index (χ3n) is 4.64. The van der Waals surface area contributed by atoms with Crippen LogP contribution < -0.4 is 10.6 Å². The van der Waals surface area contributed by atoms with E-state index in [-0.39, 0.29) is 36.9 Å². The number of alkyl carbamates (subject to hydrolysis) is 1. The van der Waals surface area contributed by atoms with Crippen LogP contribution in [0.3, 0.4) is 0 Å². The molecule has 0 saturated carbocycles. The average molecular weight is 413 g/mol. The Labute approximate surface area is 173 Å². The van der Waals surface area contributed by atoms with Crippen LogP contribution in [0, 0.1) is 17.3 Å². The van der Waals surface area contributed by atoms with Gasteiger partial charge in [0.25, 0.3) is 5.91 Å². The maximum absolute atomic E-state index is 12.9. The molecule has 8 nitrogen and oxygen atoms in total. The fourth-order valence-electron chi connectivity index (χ4n) is 3.00. The van der Waals surface area contributed by atoms with Gasteiger partial charge in [0.1, 0.15) is 6.73 Å². The second-order valence-corrected chi connectivity index (χ2v) is 9.14. The average Bonchev–Trinajstić information content (AvgIpc) is 2.66. The highest BCUT2D eigenvalue weighted by molar-refractivity contribution is 6.37. The smallest absolute Gasteiger partial charge is 0.407 e. The largest absolute Gasteiger partial charge is 0.449 e. The number of ether oxygens (including phenoxy) is 2. The minimum absolute atomic E-state index is 0.0129. The molecule has 2 N–H and O–H groups in total. The molecule has 2 amide bonds.